The molecule has 6 nitrogen and oxygen atoms in total. The van der Waals surface area contributed by atoms with E-state index in [1.165, 1.54) is 32.0 Å². The second-order valence-electron chi connectivity index (χ2n) is 15.8. The maximum Gasteiger partial charge on any atom is 0.529 e. The summed E-state index contributed by atoms with van der Waals surface area (Å²) in [7, 11) is 0. The van der Waals surface area contributed by atoms with Crippen LogP contribution in [0.3, 0.4) is 0 Å². The van der Waals surface area contributed by atoms with E-state index in [0.29, 0.717) is 34.3 Å². The number of aryl methyl sites for hydroxylation is 4. The van der Waals surface area contributed by atoms with E-state index in [1.807, 2.05) is 24.3 Å². The lowest BCUT2D eigenvalue weighted by Gasteiger charge is -2.18. The van der Waals surface area contributed by atoms with Crippen molar-refractivity contribution in [1.29, 1.82) is 0 Å². The van der Waals surface area contributed by atoms with Crippen molar-refractivity contribution in [1.82, 2.24) is 19.9 Å². The average molecular weight is 789 g/mol. The fourth-order valence-electron chi connectivity index (χ4n) is 8.23. The summed E-state index contributed by atoms with van der Waals surface area (Å²) < 4.78 is 0. The van der Waals surface area contributed by atoms with Crippen molar-refractivity contribution in [3.05, 3.63) is 157 Å². The molecule has 0 bridgehead atoms. The number of hydrogen-bond donors (Lipinski definition) is 0. The van der Waals surface area contributed by atoms with E-state index in [1.54, 1.807) is 22.7 Å². The maximum atomic E-state index is 8.04. The Labute approximate surface area is 347 Å². The topological polar surface area (TPSA) is 60.3 Å². The normalized spacial score (nSPS) is 12.0. The summed E-state index contributed by atoms with van der Waals surface area (Å²) in [6, 6.07) is 29.5. The molecule has 1 aliphatic rings. The zero-order valence-electron chi connectivity index (χ0n) is 33.7. The predicted molar refractivity (Wildman–Crippen MR) is 242 cm³/mol. The lowest BCUT2D eigenvalue weighted by molar-refractivity contribution is 0.881. The van der Waals surface area contributed by atoms with E-state index in [0.717, 1.165) is 71.1 Å². The monoisotopic (exact) mass is 788 g/mol. The molecule has 58 heavy (non-hydrogen) atoms. The molecular weight excluding hydrogens is 749 g/mol. The van der Waals surface area contributed by atoms with Crippen LogP contribution in [0.5, 0.6) is 0 Å². The molecule has 1 aliphatic carbocycles. The Hall–Kier alpha value is -6.32. The number of rotatable bonds is 6. The quantitative estimate of drug-likeness (QED) is 0.124. The summed E-state index contributed by atoms with van der Waals surface area (Å²) in [6.07, 6.45) is 0. The SMILES string of the molecule is [C-]#[N+]C([N+]#[C-])=C1c2ccccc2-c2nc3c(-c4cc(C)c(C(C)C)s4)c4nc(-c5ccc(C)cc5)c(-c5ccc(C)cc5)nc4c(-c4cc(C)c(C(C)C)s4)c3nc21. The van der Waals surface area contributed by atoms with Gasteiger partial charge in [-0.1, -0.05) is 112 Å². The van der Waals surface area contributed by atoms with Crippen molar-refractivity contribution in [2.75, 3.05) is 0 Å². The first-order chi connectivity index (χ1) is 28.0. The molecule has 4 aromatic heterocycles. The number of aromatic nitrogens is 4. The van der Waals surface area contributed by atoms with E-state index in [2.05, 4.69) is 126 Å². The van der Waals surface area contributed by atoms with Crippen molar-refractivity contribution in [2.24, 2.45) is 0 Å². The molecule has 0 saturated heterocycles. The molecule has 0 aliphatic heterocycles. The predicted octanol–water partition coefficient (Wildman–Crippen LogP) is 14.4. The van der Waals surface area contributed by atoms with Gasteiger partial charge < -0.3 is 0 Å². The summed E-state index contributed by atoms with van der Waals surface area (Å²) in [5.41, 5.74) is 16.4. The Morgan fingerprint density at radius 2 is 0.914 bits per heavy atom. The standard InChI is InChI=1S/C50H40N6S2/c1-25(2)48-29(7)23-35(57-48)38-44-45(54-41(32-21-17-28(6)18-22-32)40(53-44)31-19-15-27(5)16-20-31)39(36-24-30(8)49(58-36)26(3)4)47-46(38)55-42-34-14-12-11-13-33(34)37(43(42)56-47)50(51-9)52-10/h11-26H,1-8H3. The van der Waals surface area contributed by atoms with E-state index < -0.39 is 0 Å². The summed E-state index contributed by atoms with van der Waals surface area (Å²) in [5, 5.41) is 0. The fraction of sp³-hybridized carbons (Fsp3) is 0.200. The Bertz CT molecular complexity index is 3100. The van der Waals surface area contributed by atoms with Crippen LogP contribution >= 0.6 is 22.7 Å². The maximum absolute atomic E-state index is 8.04. The van der Waals surface area contributed by atoms with Gasteiger partial charge in [0.25, 0.3) is 0 Å². The van der Waals surface area contributed by atoms with Gasteiger partial charge in [-0.3, -0.25) is 0 Å². The first-order valence-electron chi connectivity index (χ1n) is 19.5. The number of benzene rings is 4. The molecule has 0 spiro atoms. The van der Waals surface area contributed by atoms with Crippen molar-refractivity contribution >= 4 is 50.3 Å². The van der Waals surface area contributed by atoms with E-state index in [9.17, 15) is 0 Å². The van der Waals surface area contributed by atoms with Gasteiger partial charge in [-0.2, -0.15) is 9.69 Å². The number of fused-ring (bicyclic) bond motifs is 5. The summed E-state index contributed by atoms with van der Waals surface area (Å²) in [6.45, 7) is 33.6. The molecule has 0 radical (unpaired) electrons. The van der Waals surface area contributed by atoms with E-state index >= 15 is 0 Å². The molecule has 0 atom stereocenters. The lowest BCUT2D eigenvalue weighted by atomic mass is 9.97. The van der Waals surface area contributed by atoms with Gasteiger partial charge in [0.1, 0.15) is 40.8 Å². The number of thiophene rings is 2. The molecule has 282 valence electrons. The molecule has 0 saturated carbocycles. The number of nitrogens with zero attached hydrogens (tertiary/aromatic N) is 6. The average Bonchev–Trinajstić information content (AvgIpc) is 3.89. The van der Waals surface area contributed by atoms with Gasteiger partial charge in [-0.25, -0.2) is 19.9 Å². The lowest BCUT2D eigenvalue weighted by Crippen LogP contribution is -2.03. The van der Waals surface area contributed by atoms with Crippen LogP contribution in [-0.4, -0.2) is 19.9 Å². The largest absolute Gasteiger partial charge is 0.529 e. The van der Waals surface area contributed by atoms with Crippen LogP contribution in [0.2, 0.25) is 0 Å². The van der Waals surface area contributed by atoms with Gasteiger partial charge in [0.15, 0.2) is 0 Å². The minimum atomic E-state index is -0.0175. The Morgan fingerprint density at radius 1 is 0.517 bits per heavy atom. The van der Waals surface area contributed by atoms with Crippen LogP contribution in [0.1, 0.15) is 82.8 Å². The highest BCUT2D eigenvalue weighted by molar-refractivity contribution is 7.16. The Balaban J connectivity index is 1.54. The third-order valence-corrected chi connectivity index (χ3v) is 14.1. The fourth-order valence-corrected chi connectivity index (χ4v) is 10.7. The van der Waals surface area contributed by atoms with Gasteiger partial charge in [0.05, 0.1) is 22.8 Å². The van der Waals surface area contributed by atoms with E-state index in [-0.39, 0.29) is 5.82 Å². The van der Waals surface area contributed by atoms with Gasteiger partial charge in [-0.05, 0) is 68.4 Å². The minimum absolute atomic E-state index is 0.0175. The van der Waals surface area contributed by atoms with Gasteiger partial charge in [0, 0.05) is 47.3 Å². The highest BCUT2D eigenvalue weighted by atomic mass is 32.1. The first kappa shape index (κ1) is 37.3. The molecule has 0 N–H and O–H groups in total. The summed E-state index contributed by atoms with van der Waals surface area (Å²) in [4.78, 5) is 34.7. The zero-order valence-corrected chi connectivity index (χ0v) is 35.4. The molecule has 4 aromatic carbocycles. The summed E-state index contributed by atoms with van der Waals surface area (Å²) in [5.74, 6) is 0.633. The smallest absolute Gasteiger partial charge is 0.244 e. The molecule has 0 unspecified atom stereocenters. The molecule has 0 amide bonds. The molecule has 8 heteroatoms. The summed E-state index contributed by atoms with van der Waals surface area (Å²) >= 11 is 3.54. The van der Waals surface area contributed by atoms with Crippen LogP contribution in [0, 0.1) is 40.8 Å². The van der Waals surface area contributed by atoms with Crippen molar-refractivity contribution < 1.29 is 0 Å². The van der Waals surface area contributed by atoms with Crippen LogP contribution in [0.4, 0.5) is 0 Å². The van der Waals surface area contributed by atoms with Crippen LogP contribution in [-0.2, 0) is 0 Å². The van der Waals surface area contributed by atoms with Crippen molar-refractivity contribution in [2.45, 2.75) is 67.2 Å². The van der Waals surface area contributed by atoms with Crippen LogP contribution in [0.25, 0.3) is 92.0 Å². The third-order valence-electron chi connectivity index (χ3n) is 11.0. The van der Waals surface area contributed by atoms with Crippen LogP contribution in [0.15, 0.2) is 90.8 Å². The minimum Gasteiger partial charge on any atom is -0.244 e. The van der Waals surface area contributed by atoms with Crippen molar-refractivity contribution in [3.8, 4) is 54.7 Å². The highest BCUT2D eigenvalue weighted by Crippen LogP contribution is 2.51. The van der Waals surface area contributed by atoms with Gasteiger partial charge in [-0.15, -0.1) is 22.7 Å². The van der Waals surface area contributed by atoms with Crippen LogP contribution < -0.4 is 0 Å². The molecular formula is C50H40N6S2. The van der Waals surface area contributed by atoms with Crippen molar-refractivity contribution in [3.63, 3.8) is 0 Å². The third kappa shape index (κ3) is 5.95. The second kappa shape index (κ2) is 14.3. The van der Waals surface area contributed by atoms with E-state index in [4.69, 9.17) is 33.1 Å². The second-order valence-corrected chi connectivity index (χ2v) is 18.0. The molecule has 9 rings (SSSR count). The molecule has 4 heterocycles. The number of hydrogen-bond acceptors (Lipinski definition) is 6. The molecule has 8 aromatic rings. The molecule has 0 fully saturated rings. The Kier molecular flexibility index (Phi) is 9.16. The highest BCUT2D eigenvalue weighted by Gasteiger charge is 2.36. The first-order valence-corrected chi connectivity index (χ1v) is 21.1. The zero-order chi connectivity index (χ0) is 40.6. The Morgan fingerprint density at radius 3 is 1.31 bits per heavy atom. The van der Waals surface area contributed by atoms with Gasteiger partial charge in [0.2, 0.25) is 0 Å². The van der Waals surface area contributed by atoms with Gasteiger partial charge >= 0.3 is 5.82 Å².